The molecular weight excluding hydrogens is 228 g/mol. The van der Waals surface area contributed by atoms with Crippen LogP contribution in [0.1, 0.15) is 0 Å². The average molecular weight is 244 g/mol. The molecule has 0 unspecified atom stereocenters. The molecule has 10 N–H and O–H groups in total. The number of benzene rings is 2. The van der Waals surface area contributed by atoms with Crippen LogP contribution < -0.4 is 34.0 Å². The van der Waals surface area contributed by atoms with Crippen molar-refractivity contribution in [3.63, 3.8) is 0 Å². The molecule has 6 nitrogen and oxygen atoms in total. The van der Waals surface area contributed by atoms with Crippen LogP contribution in [0.4, 0.5) is 22.7 Å². The Morgan fingerprint density at radius 1 is 0.722 bits per heavy atom. The molecule has 0 saturated heterocycles. The second kappa shape index (κ2) is 4.44. The van der Waals surface area contributed by atoms with E-state index in [4.69, 9.17) is 28.9 Å². The predicted molar refractivity (Wildman–Crippen MR) is 76.0 cm³/mol. The van der Waals surface area contributed by atoms with Gasteiger partial charge in [-0.3, -0.25) is 0 Å². The molecule has 0 aliphatic rings. The van der Waals surface area contributed by atoms with Gasteiger partial charge in [-0.25, -0.2) is 16.8 Å². The summed E-state index contributed by atoms with van der Waals surface area (Å²) < 4.78 is 0. The van der Waals surface area contributed by atoms with Crippen molar-refractivity contribution in [2.75, 3.05) is 22.3 Å². The van der Waals surface area contributed by atoms with Gasteiger partial charge in [-0.05, 0) is 29.8 Å². The molecule has 0 heterocycles. The Balaban J connectivity index is 2.53. The zero-order valence-corrected chi connectivity index (χ0v) is 9.80. The molecular formula is C12H16N6. The summed E-state index contributed by atoms with van der Waals surface area (Å²) >= 11 is 0. The smallest absolute Gasteiger partial charge is 0.0947 e. The third kappa shape index (κ3) is 2.02. The molecule has 0 aliphatic heterocycles. The van der Waals surface area contributed by atoms with Gasteiger partial charge >= 0.3 is 0 Å². The Kier molecular flexibility index (Phi) is 2.97. The number of hydrogen-bond acceptors (Lipinski definition) is 6. The van der Waals surface area contributed by atoms with Crippen molar-refractivity contribution in [2.24, 2.45) is 11.7 Å². The van der Waals surface area contributed by atoms with E-state index in [1.807, 2.05) is 18.2 Å². The zero-order valence-electron chi connectivity index (χ0n) is 9.80. The maximum absolute atomic E-state index is 6.00. The van der Waals surface area contributed by atoms with Crippen molar-refractivity contribution in [1.29, 1.82) is 0 Å². The molecule has 0 saturated carbocycles. The van der Waals surface area contributed by atoms with Gasteiger partial charge in [-0.1, -0.05) is 12.1 Å². The lowest BCUT2D eigenvalue weighted by molar-refractivity contribution is 0.927. The molecule has 6 heteroatoms. The molecule has 0 atom stereocenters. The number of hydrogen-bond donors (Lipinski definition) is 5. The number of hydrazine groups is 2. The normalized spacial score (nSPS) is 10.3. The van der Waals surface area contributed by atoms with Crippen molar-refractivity contribution >= 4 is 22.7 Å². The number of rotatable bonds is 2. The van der Waals surface area contributed by atoms with Gasteiger partial charge in [-0.2, -0.15) is 0 Å². The molecule has 18 heavy (non-hydrogen) atoms. The quantitative estimate of drug-likeness (QED) is 0.299. The van der Waals surface area contributed by atoms with Crippen molar-refractivity contribution < 1.29 is 0 Å². The molecule has 94 valence electrons. The summed E-state index contributed by atoms with van der Waals surface area (Å²) in [5.41, 5.74) is 21.3. The molecule has 0 spiro atoms. The monoisotopic (exact) mass is 244 g/mol. The molecule has 0 aromatic heterocycles. The fourth-order valence-electron chi connectivity index (χ4n) is 1.76. The lowest BCUT2D eigenvalue weighted by Gasteiger charge is -2.17. The zero-order chi connectivity index (χ0) is 13.3. The number of nitrogens with zero attached hydrogens (tertiary/aromatic N) is 1. The number of nitrogen functional groups attached to an aromatic ring is 3. The highest BCUT2D eigenvalue weighted by molar-refractivity contribution is 5.91. The van der Waals surface area contributed by atoms with Crippen LogP contribution in [0.15, 0.2) is 36.4 Å². The Labute approximate surface area is 105 Å². The third-order valence-corrected chi connectivity index (χ3v) is 2.76. The van der Waals surface area contributed by atoms with Gasteiger partial charge < -0.3 is 17.2 Å². The lowest BCUT2D eigenvalue weighted by atomic mass is 10.0. The van der Waals surface area contributed by atoms with Crippen LogP contribution in [0, 0.1) is 0 Å². The predicted octanol–water partition coefficient (Wildman–Crippen LogP) is 0.654. The Hall–Kier alpha value is -2.44. The SMILES string of the molecule is Nc1ccc(-c2ccc(N(N)N)c(N)c2N)cc1. The standard InChI is InChI=1S/C12H16N6/c13-8-3-1-7(2-4-8)9-5-6-10(18(16)17)12(15)11(9)14/h1-6H,13-17H2. The fraction of sp³-hybridized carbons (Fsp3) is 0. The second-order valence-electron chi connectivity index (χ2n) is 3.99. The van der Waals surface area contributed by atoms with Crippen LogP contribution in [0.5, 0.6) is 0 Å². The van der Waals surface area contributed by atoms with Crippen LogP contribution in [0.3, 0.4) is 0 Å². The molecule has 0 fully saturated rings. The fourth-order valence-corrected chi connectivity index (χ4v) is 1.76. The summed E-state index contributed by atoms with van der Waals surface area (Å²) in [4.78, 5) is 0. The van der Waals surface area contributed by atoms with Crippen molar-refractivity contribution in [3.05, 3.63) is 36.4 Å². The lowest BCUT2D eigenvalue weighted by Crippen LogP contribution is -2.38. The Morgan fingerprint density at radius 2 is 1.33 bits per heavy atom. The molecule has 2 rings (SSSR count). The van der Waals surface area contributed by atoms with E-state index in [2.05, 4.69) is 0 Å². The van der Waals surface area contributed by atoms with E-state index in [0.717, 1.165) is 16.2 Å². The Bertz CT molecular complexity index is 562. The second-order valence-corrected chi connectivity index (χ2v) is 3.99. The molecule has 2 aromatic carbocycles. The molecule has 0 radical (unpaired) electrons. The van der Waals surface area contributed by atoms with E-state index in [-0.39, 0.29) is 0 Å². The summed E-state index contributed by atoms with van der Waals surface area (Å²) in [6, 6.07) is 10.9. The number of anilines is 4. The van der Waals surface area contributed by atoms with E-state index < -0.39 is 0 Å². The Morgan fingerprint density at radius 3 is 1.89 bits per heavy atom. The summed E-state index contributed by atoms with van der Waals surface area (Å²) in [5, 5.41) is 0.943. The van der Waals surface area contributed by atoms with E-state index >= 15 is 0 Å². The summed E-state index contributed by atoms with van der Waals surface area (Å²) in [5.74, 6) is 10.9. The minimum absolute atomic E-state index is 0.356. The van der Waals surface area contributed by atoms with Gasteiger partial charge in [0.05, 0.1) is 17.1 Å². The number of nitrogens with two attached hydrogens (primary N) is 5. The maximum Gasteiger partial charge on any atom is 0.0947 e. The minimum Gasteiger partial charge on any atom is -0.399 e. The van der Waals surface area contributed by atoms with Gasteiger partial charge in [0.1, 0.15) is 0 Å². The van der Waals surface area contributed by atoms with Crippen LogP contribution in [-0.4, -0.2) is 0 Å². The summed E-state index contributed by atoms with van der Waals surface area (Å²) in [6.07, 6.45) is 0. The molecule has 0 aliphatic carbocycles. The largest absolute Gasteiger partial charge is 0.399 e. The van der Waals surface area contributed by atoms with Crippen molar-refractivity contribution in [2.45, 2.75) is 0 Å². The van der Waals surface area contributed by atoms with E-state index in [1.54, 1.807) is 18.2 Å². The minimum atomic E-state index is 0.356. The van der Waals surface area contributed by atoms with Gasteiger partial charge in [0.15, 0.2) is 0 Å². The molecule has 2 aromatic rings. The van der Waals surface area contributed by atoms with Crippen LogP contribution in [0.25, 0.3) is 11.1 Å². The average Bonchev–Trinajstić information content (AvgIpc) is 2.33. The van der Waals surface area contributed by atoms with Gasteiger partial charge in [-0.15, -0.1) is 0 Å². The summed E-state index contributed by atoms with van der Waals surface area (Å²) in [6.45, 7) is 0. The van der Waals surface area contributed by atoms with Crippen LogP contribution in [0.2, 0.25) is 0 Å². The van der Waals surface area contributed by atoms with Crippen molar-refractivity contribution in [3.8, 4) is 11.1 Å². The first-order valence-corrected chi connectivity index (χ1v) is 5.34. The van der Waals surface area contributed by atoms with Gasteiger partial charge in [0.25, 0.3) is 0 Å². The first-order chi connectivity index (χ1) is 8.50. The molecule has 0 bridgehead atoms. The van der Waals surface area contributed by atoms with Crippen LogP contribution in [-0.2, 0) is 0 Å². The summed E-state index contributed by atoms with van der Waals surface area (Å²) in [7, 11) is 0. The van der Waals surface area contributed by atoms with E-state index in [9.17, 15) is 0 Å². The highest BCUT2D eigenvalue weighted by atomic mass is 15.6. The highest BCUT2D eigenvalue weighted by Gasteiger charge is 2.11. The van der Waals surface area contributed by atoms with Crippen LogP contribution >= 0.6 is 0 Å². The van der Waals surface area contributed by atoms with Crippen molar-refractivity contribution in [1.82, 2.24) is 0 Å². The highest BCUT2D eigenvalue weighted by Crippen LogP contribution is 2.35. The topological polar surface area (TPSA) is 133 Å². The molecule has 0 amide bonds. The maximum atomic E-state index is 6.00. The first-order valence-electron chi connectivity index (χ1n) is 5.34. The van der Waals surface area contributed by atoms with E-state index in [1.165, 1.54) is 0 Å². The third-order valence-electron chi connectivity index (χ3n) is 2.76. The van der Waals surface area contributed by atoms with E-state index in [0.29, 0.717) is 22.7 Å². The van der Waals surface area contributed by atoms with Gasteiger partial charge in [0, 0.05) is 11.3 Å². The first kappa shape index (κ1) is 12.0. The van der Waals surface area contributed by atoms with Gasteiger partial charge in [0.2, 0.25) is 0 Å².